The summed E-state index contributed by atoms with van der Waals surface area (Å²) in [5.41, 5.74) is 2.50. The van der Waals surface area contributed by atoms with E-state index >= 15 is 0 Å². The number of carbonyl (C=O) groups is 1. The van der Waals surface area contributed by atoms with Crippen LogP contribution in [0.3, 0.4) is 0 Å². The molecule has 0 aliphatic heterocycles. The monoisotopic (exact) mass is 219 g/mol. The Balaban J connectivity index is 2.58. The zero-order valence-corrected chi connectivity index (χ0v) is 10.4. The van der Waals surface area contributed by atoms with Gasteiger partial charge in [-0.15, -0.1) is 0 Å². The standard InChI is InChI=1S/C14H21NO/c1-4-6-14(16)15-11(3)13-9-7-12(5-2)8-10-13/h7-11H,4-6H2,1-3H3,(H,15,16)/t11-/m0/s1. The van der Waals surface area contributed by atoms with Crippen LogP contribution in [0.5, 0.6) is 0 Å². The van der Waals surface area contributed by atoms with Crippen molar-refractivity contribution in [3.05, 3.63) is 35.4 Å². The minimum Gasteiger partial charge on any atom is -0.350 e. The summed E-state index contributed by atoms with van der Waals surface area (Å²) in [6.07, 6.45) is 2.56. The van der Waals surface area contributed by atoms with Crippen LogP contribution >= 0.6 is 0 Å². The van der Waals surface area contributed by atoms with Gasteiger partial charge in [-0.3, -0.25) is 4.79 Å². The summed E-state index contributed by atoms with van der Waals surface area (Å²) in [5, 5.41) is 3.00. The summed E-state index contributed by atoms with van der Waals surface area (Å²) in [4.78, 5) is 11.4. The molecule has 0 bridgehead atoms. The minimum atomic E-state index is 0.102. The summed E-state index contributed by atoms with van der Waals surface area (Å²) >= 11 is 0. The SMILES string of the molecule is CCCC(=O)N[C@@H](C)c1ccc(CC)cc1. The first-order valence-corrected chi connectivity index (χ1v) is 6.05. The number of hydrogen-bond donors (Lipinski definition) is 1. The number of hydrogen-bond acceptors (Lipinski definition) is 1. The van der Waals surface area contributed by atoms with Crippen molar-refractivity contribution < 1.29 is 4.79 Å². The predicted octanol–water partition coefficient (Wildman–Crippen LogP) is 3.23. The molecule has 1 N–H and O–H groups in total. The molecule has 0 fully saturated rings. The Morgan fingerprint density at radius 1 is 1.25 bits per heavy atom. The van der Waals surface area contributed by atoms with Gasteiger partial charge in [-0.05, 0) is 30.9 Å². The lowest BCUT2D eigenvalue weighted by atomic mass is 10.0. The third-order valence-corrected chi connectivity index (χ3v) is 2.74. The maximum atomic E-state index is 11.4. The lowest BCUT2D eigenvalue weighted by molar-refractivity contribution is -0.121. The molecular formula is C14H21NO. The van der Waals surface area contributed by atoms with E-state index in [0.717, 1.165) is 12.8 Å². The minimum absolute atomic E-state index is 0.102. The van der Waals surface area contributed by atoms with Crippen molar-refractivity contribution in [2.75, 3.05) is 0 Å². The van der Waals surface area contributed by atoms with Crippen LogP contribution < -0.4 is 5.32 Å². The van der Waals surface area contributed by atoms with Crippen molar-refractivity contribution in [2.24, 2.45) is 0 Å². The van der Waals surface area contributed by atoms with Crippen LogP contribution in [-0.2, 0) is 11.2 Å². The number of amides is 1. The van der Waals surface area contributed by atoms with E-state index in [-0.39, 0.29) is 11.9 Å². The van der Waals surface area contributed by atoms with Crippen molar-refractivity contribution in [1.29, 1.82) is 0 Å². The van der Waals surface area contributed by atoms with Gasteiger partial charge >= 0.3 is 0 Å². The second-order valence-corrected chi connectivity index (χ2v) is 4.13. The van der Waals surface area contributed by atoms with Crippen LogP contribution in [-0.4, -0.2) is 5.91 Å². The third kappa shape index (κ3) is 3.69. The molecule has 0 aliphatic rings. The summed E-state index contributed by atoms with van der Waals surface area (Å²) in [6, 6.07) is 8.53. The molecule has 0 aliphatic carbocycles. The molecule has 1 aromatic carbocycles. The zero-order chi connectivity index (χ0) is 12.0. The number of carbonyl (C=O) groups excluding carboxylic acids is 1. The summed E-state index contributed by atoms with van der Waals surface area (Å²) in [5.74, 6) is 0.134. The highest BCUT2D eigenvalue weighted by Gasteiger charge is 2.08. The van der Waals surface area contributed by atoms with Gasteiger partial charge in [0, 0.05) is 6.42 Å². The van der Waals surface area contributed by atoms with Crippen molar-refractivity contribution in [1.82, 2.24) is 5.32 Å². The van der Waals surface area contributed by atoms with Gasteiger partial charge in [0.05, 0.1) is 6.04 Å². The number of rotatable bonds is 5. The van der Waals surface area contributed by atoms with Gasteiger partial charge in [-0.25, -0.2) is 0 Å². The van der Waals surface area contributed by atoms with Gasteiger partial charge in [0.2, 0.25) is 5.91 Å². The second kappa shape index (κ2) is 6.31. The molecule has 1 amide bonds. The first kappa shape index (κ1) is 12.8. The Bertz CT molecular complexity index is 329. The highest BCUT2D eigenvalue weighted by atomic mass is 16.1. The summed E-state index contributed by atoms with van der Waals surface area (Å²) in [7, 11) is 0. The fourth-order valence-corrected chi connectivity index (χ4v) is 1.67. The third-order valence-electron chi connectivity index (χ3n) is 2.74. The van der Waals surface area contributed by atoms with Crippen molar-refractivity contribution >= 4 is 5.91 Å². The lowest BCUT2D eigenvalue weighted by Gasteiger charge is -2.14. The molecule has 2 heteroatoms. The molecule has 0 saturated heterocycles. The molecule has 0 spiro atoms. The van der Waals surface area contributed by atoms with Crippen molar-refractivity contribution in [3.63, 3.8) is 0 Å². The zero-order valence-electron chi connectivity index (χ0n) is 10.4. The molecule has 0 heterocycles. The first-order valence-electron chi connectivity index (χ1n) is 6.05. The predicted molar refractivity (Wildman–Crippen MR) is 67.3 cm³/mol. The van der Waals surface area contributed by atoms with Gasteiger partial charge in [0.1, 0.15) is 0 Å². The number of nitrogens with one attached hydrogen (secondary N) is 1. The topological polar surface area (TPSA) is 29.1 Å². The van der Waals surface area contributed by atoms with Gasteiger partial charge in [0.15, 0.2) is 0 Å². The molecule has 0 aromatic heterocycles. The smallest absolute Gasteiger partial charge is 0.220 e. The Labute approximate surface area is 98.1 Å². The van der Waals surface area contributed by atoms with E-state index in [2.05, 4.69) is 36.5 Å². The Morgan fingerprint density at radius 3 is 2.38 bits per heavy atom. The highest BCUT2D eigenvalue weighted by Crippen LogP contribution is 2.13. The van der Waals surface area contributed by atoms with Crippen LogP contribution in [0.1, 0.15) is 50.8 Å². The molecule has 16 heavy (non-hydrogen) atoms. The molecule has 0 saturated carbocycles. The first-order chi connectivity index (χ1) is 7.67. The molecule has 2 nitrogen and oxygen atoms in total. The van der Waals surface area contributed by atoms with Gasteiger partial charge in [-0.2, -0.15) is 0 Å². The van der Waals surface area contributed by atoms with E-state index in [0.29, 0.717) is 6.42 Å². The van der Waals surface area contributed by atoms with E-state index < -0.39 is 0 Å². The van der Waals surface area contributed by atoms with Gasteiger partial charge in [-0.1, -0.05) is 38.1 Å². The fourth-order valence-electron chi connectivity index (χ4n) is 1.67. The van der Waals surface area contributed by atoms with E-state index in [4.69, 9.17) is 0 Å². The van der Waals surface area contributed by atoms with Crippen LogP contribution in [0, 0.1) is 0 Å². The van der Waals surface area contributed by atoms with E-state index in [1.165, 1.54) is 11.1 Å². The summed E-state index contributed by atoms with van der Waals surface area (Å²) < 4.78 is 0. The van der Waals surface area contributed by atoms with Crippen LogP contribution in [0.2, 0.25) is 0 Å². The van der Waals surface area contributed by atoms with E-state index in [9.17, 15) is 4.79 Å². The Hall–Kier alpha value is -1.31. The van der Waals surface area contributed by atoms with E-state index in [1.54, 1.807) is 0 Å². The Kier molecular flexibility index (Phi) is 5.03. The normalized spacial score (nSPS) is 12.2. The highest BCUT2D eigenvalue weighted by molar-refractivity contribution is 5.76. The number of aryl methyl sites for hydroxylation is 1. The molecule has 0 unspecified atom stereocenters. The Morgan fingerprint density at radius 2 is 1.88 bits per heavy atom. The largest absolute Gasteiger partial charge is 0.350 e. The molecule has 88 valence electrons. The number of benzene rings is 1. The second-order valence-electron chi connectivity index (χ2n) is 4.13. The van der Waals surface area contributed by atoms with Gasteiger partial charge < -0.3 is 5.32 Å². The van der Waals surface area contributed by atoms with Gasteiger partial charge in [0.25, 0.3) is 0 Å². The van der Waals surface area contributed by atoms with Crippen molar-refractivity contribution in [3.8, 4) is 0 Å². The quantitative estimate of drug-likeness (QED) is 0.809. The van der Waals surface area contributed by atoms with Crippen LogP contribution in [0.15, 0.2) is 24.3 Å². The van der Waals surface area contributed by atoms with Crippen molar-refractivity contribution in [2.45, 2.75) is 46.1 Å². The van der Waals surface area contributed by atoms with Crippen LogP contribution in [0.25, 0.3) is 0 Å². The molecule has 0 radical (unpaired) electrons. The molecular weight excluding hydrogens is 198 g/mol. The average molecular weight is 219 g/mol. The maximum absolute atomic E-state index is 11.4. The fraction of sp³-hybridized carbons (Fsp3) is 0.500. The maximum Gasteiger partial charge on any atom is 0.220 e. The lowest BCUT2D eigenvalue weighted by Crippen LogP contribution is -2.26. The molecule has 1 aromatic rings. The summed E-state index contributed by atoms with van der Waals surface area (Å²) in [6.45, 7) is 6.18. The van der Waals surface area contributed by atoms with Crippen LogP contribution in [0.4, 0.5) is 0 Å². The average Bonchev–Trinajstić information content (AvgIpc) is 2.29. The van der Waals surface area contributed by atoms with E-state index in [1.807, 2.05) is 13.8 Å². The molecule has 1 atom stereocenters. The molecule has 1 rings (SSSR count).